The van der Waals surface area contributed by atoms with Crippen molar-refractivity contribution in [3.63, 3.8) is 0 Å². The Morgan fingerprint density at radius 2 is 1.77 bits per heavy atom. The van der Waals surface area contributed by atoms with Crippen molar-refractivity contribution in [2.24, 2.45) is 0 Å². The van der Waals surface area contributed by atoms with Gasteiger partial charge in [0.1, 0.15) is 5.82 Å². The first-order valence-electron chi connectivity index (χ1n) is 8.53. The monoisotopic (exact) mass is 351 g/mol. The largest absolute Gasteiger partial charge is 0.351 e. The molecule has 3 aromatic rings. The molecule has 1 heterocycles. The second-order valence-electron chi connectivity index (χ2n) is 6.96. The Bertz CT molecular complexity index is 899. The standard InChI is InChI=1S/C21H22FN3O/c1-15-19(13-24-25(15)18-11-9-17(22)10-12-18)20(26)23-14-21(2,3)16-7-5-4-6-8-16/h4-13H,14H2,1-3H3,(H,23,26). The van der Waals surface area contributed by atoms with Crippen molar-refractivity contribution in [3.05, 3.63) is 83.4 Å². The van der Waals surface area contributed by atoms with Gasteiger partial charge in [-0.15, -0.1) is 0 Å². The second-order valence-corrected chi connectivity index (χ2v) is 6.96. The van der Waals surface area contributed by atoms with Crippen LogP contribution in [0.1, 0.15) is 35.5 Å². The quantitative estimate of drug-likeness (QED) is 0.754. The first-order chi connectivity index (χ1) is 12.4. The van der Waals surface area contributed by atoms with E-state index < -0.39 is 0 Å². The Morgan fingerprint density at radius 3 is 2.42 bits per heavy atom. The van der Waals surface area contributed by atoms with E-state index in [9.17, 15) is 9.18 Å². The molecule has 26 heavy (non-hydrogen) atoms. The lowest BCUT2D eigenvalue weighted by molar-refractivity contribution is 0.0945. The van der Waals surface area contributed by atoms with Crippen molar-refractivity contribution in [2.45, 2.75) is 26.2 Å². The summed E-state index contributed by atoms with van der Waals surface area (Å²) in [6.07, 6.45) is 1.55. The Morgan fingerprint density at radius 1 is 1.12 bits per heavy atom. The van der Waals surface area contributed by atoms with Crippen LogP contribution in [0.4, 0.5) is 4.39 Å². The highest BCUT2D eigenvalue weighted by molar-refractivity contribution is 5.95. The number of aromatic nitrogens is 2. The maximum Gasteiger partial charge on any atom is 0.254 e. The highest BCUT2D eigenvalue weighted by Gasteiger charge is 2.23. The van der Waals surface area contributed by atoms with Crippen LogP contribution in [0.25, 0.3) is 5.69 Å². The van der Waals surface area contributed by atoms with E-state index in [1.165, 1.54) is 17.7 Å². The summed E-state index contributed by atoms with van der Waals surface area (Å²) in [6.45, 7) is 6.53. The number of halogens is 1. The van der Waals surface area contributed by atoms with Gasteiger partial charge in [0.15, 0.2) is 0 Å². The van der Waals surface area contributed by atoms with E-state index in [2.05, 4.69) is 36.4 Å². The predicted molar refractivity (Wildman–Crippen MR) is 100 cm³/mol. The van der Waals surface area contributed by atoms with Crippen LogP contribution < -0.4 is 5.32 Å². The summed E-state index contributed by atoms with van der Waals surface area (Å²) in [5, 5.41) is 7.27. The molecule has 0 saturated carbocycles. The number of hydrogen-bond acceptors (Lipinski definition) is 2. The van der Waals surface area contributed by atoms with Crippen LogP contribution in [0.3, 0.4) is 0 Å². The van der Waals surface area contributed by atoms with E-state index in [1.54, 1.807) is 23.0 Å². The summed E-state index contributed by atoms with van der Waals surface area (Å²) in [4.78, 5) is 12.6. The number of amides is 1. The summed E-state index contributed by atoms with van der Waals surface area (Å²) in [6, 6.07) is 16.1. The molecule has 0 aliphatic heterocycles. The van der Waals surface area contributed by atoms with Gasteiger partial charge in [-0.05, 0) is 36.8 Å². The van der Waals surface area contributed by atoms with Crippen molar-refractivity contribution in [1.82, 2.24) is 15.1 Å². The van der Waals surface area contributed by atoms with Crippen LogP contribution in [0.2, 0.25) is 0 Å². The number of rotatable bonds is 5. The first kappa shape index (κ1) is 17.9. The van der Waals surface area contributed by atoms with Gasteiger partial charge >= 0.3 is 0 Å². The zero-order valence-corrected chi connectivity index (χ0v) is 15.2. The SMILES string of the molecule is Cc1c(C(=O)NCC(C)(C)c2ccccc2)cnn1-c1ccc(F)cc1. The zero-order chi connectivity index (χ0) is 18.7. The third-order valence-electron chi connectivity index (χ3n) is 4.57. The third-order valence-corrected chi connectivity index (χ3v) is 4.57. The molecule has 4 nitrogen and oxygen atoms in total. The minimum absolute atomic E-state index is 0.167. The van der Waals surface area contributed by atoms with Gasteiger partial charge < -0.3 is 5.32 Å². The molecule has 0 saturated heterocycles. The molecule has 0 aliphatic rings. The van der Waals surface area contributed by atoms with E-state index >= 15 is 0 Å². The Balaban J connectivity index is 1.74. The minimum atomic E-state index is -0.306. The molecular formula is C21H22FN3O. The summed E-state index contributed by atoms with van der Waals surface area (Å²) < 4.78 is 14.7. The smallest absolute Gasteiger partial charge is 0.254 e. The lowest BCUT2D eigenvalue weighted by Gasteiger charge is -2.25. The summed E-state index contributed by atoms with van der Waals surface area (Å²) in [7, 11) is 0. The van der Waals surface area contributed by atoms with Crippen LogP contribution in [-0.4, -0.2) is 22.2 Å². The highest BCUT2D eigenvalue weighted by Crippen LogP contribution is 2.22. The molecule has 0 spiro atoms. The maximum absolute atomic E-state index is 13.1. The molecular weight excluding hydrogens is 329 g/mol. The molecule has 2 aromatic carbocycles. The Labute approximate surface area is 152 Å². The highest BCUT2D eigenvalue weighted by atomic mass is 19.1. The maximum atomic E-state index is 13.1. The van der Waals surface area contributed by atoms with Crippen LogP contribution in [0.5, 0.6) is 0 Å². The van der Waals surface area contributed by atoms with E-state index in [4.69, 9.17) is 0 Å². The fourth-order valence-electron chi connectivity index (χ4n) is 2.86. The molecule has 1 aromatic heterocycles. The van der Waals surface area contributed by atoms with Gasteiger partial charge in [0, 0.05) is 12.0 Å². The molecule has 0 aliphatic carbocycles. The summed E-state index contributed by atoms with van der Waals surface area (Å²) >= 11 is 0. The van der Waals surface area contributed by atoms with Crippen molar-refractivity contribution in [3.8, 4) is 5.69 Å². The molecule has 134 valence electrons. The molecule has 0 unspecified atom stereocenters. The van der Waals surface area contributed by atoms with Gasteiger partial charge in [0.05, 0.1) is 23.1 Å². The minimum Gasteiger partial charge on any atom is -0.351 e. The zero-order valence-electron chi connectivity index (χ0n) is 15.2. The average molecular weight is 351 g/mol. The number of carbonyl (C=O) groups excluding carboxylic acids is 1. The van der Waals surface area contributed by atoms with Gasteiger partial charge in [-0.2, -0.15) is 5.10 Å². The van der Waals surface area contributed by atoms with Gasteiger partial charge in [-0.3, -0.25) is 4.79 Å². The van der Waals surface area contributed by atoms with Crippen molar-refractivity contribution in [1.29, 1.82) is 0 Å². The first-order valence-corrected chi connectivity index (χ1v) is 8.53. The second kappa shape index (κ2) is 7.12. The van der Waals surface area contributed by atoms with E-state index in [0.717, 1.165) is 0 Å². The number of carbonyl (C=O) groups is 1. The fourth-order valence-corrected chi connectivity index (χ4v) is 2.86. The molecule has 1 N–H and O–H groups in total. The van der Waals surface area contributed by atoms with Crippen molar-refractivity contribution >= 4 is 5.91 Å². The number of hydrogen-bond donors (Lipinski definition) is 1. The van der Waals surface area contributed by atoms with Gasteiger partial charge in [0.2, 0.25) is 0 Å². The van der Waals surface area contributed by atoms with Crippen molar-refractivity contribution in [2.75, 3.05) is 6.54 Å². The van der Waals surface area contributed by atoms with Crippen molar-refractivity contribution < 1.29 is 9.18 Å². The lowest BCUT2D eigenvalue weighted by Crippen LogP contribution is -2.36. The van der Waals surface area contributed by atoms with E-state index in [1.807, 2.05) is 25.1 Å². The number of benzene rings is 2. The van der Waals surface area contributed by atoms with Crippen LogP contribution >= 0.6 is 0 Å². The number of nitrogens with one attached hydrogen (secondary N) is 1. The predicted octanol–water partition coefficient (Wildman–Crippen LogP) is 4.03. The molecule has 3 rings (SSSR count). The lowest BCUT2D eigenvalue weighted by atomic mass is 9.84. The molecule has 5 heteroatoms. The fraction of sp³-hybridized carbons (Fsp3) is 0.238. The molecule has 0 fully saturated rings. The van der Waals surface area contributed by atoms with Crippen LogP contribution in [0, 0.1) is 12.7 Å². The summed E-state index contributed by atoms with van der Waals surface area (Å²) in [5.41, 5.74) is 2.93. The van der Waals surface area contributed by atoms with E-state index in [0.29, 0.717) is 23.5 Å². The van der Waals surface area contributed by atoms with Gasteiger partial charge in [-0.1, -0.05) is 44.2 Å². The summed E-state index contributed by atoms with van der Waals surface area (Å²) in [5.74, 6) is -0.473. The van der Waals surface area contributed by atoms with Crippen LogP contribution in [-0.2, 0) is 5.41 Å². The molecule has 0 bridgehead atoms. The number of nitrogens with zero attached hydrogens (tertiary/aromatic N) is 2. The molecule has 0 radical (unpaired) electrons. The van der Waals surface area contributed by atoms with E-state index in [-0.39, 0.29) is 17.1 Å². The Hall–Kier alpha value is -2.95. The Kier molecular flexibility index (Phi) is 4.89. The van der Waals surface area contributed by atoms with Gasteiger partial charge in [0.25, 0.3) is 5.91 Å². The molecule has 0 atom stereocenters. The van der Waals surface area contributed by atoms with Gasteiger partial charge in [-0.25, -0.2) is 9.07 Å². The average Bonchev–Trinajstić information content (AvgIpc) is 3.03. The normalized spacial score (nSPS) is 11.4. The third kappa shape index (κ3) is 3.67. The molecule has 1 amide bonds. The topological polar surface area (TPSA) is 46.9 Å². The van der Waals surface area contributed by atoms with Crippen LogP contribution in [0.15, 0.2) is 60.8 Å².